The Morgan fingerprint density at radius 3 is 2.77 bits per heavy atom. The fourth-order valence-corrected chi connectivity index (χ4v) is 2.52. The Bertz CT molecular complexity index is 322. The number of carbonyl (C=O) groups is 1. The fourth-order valence-electron chi connectivity index (χ4n) is 0.837. The lowest BCUT2D eigenvalue weighted by molar-refractivity contribution is 0.0972. The largest absolute Gasteiger partial charge is 0.486 e. The summed E-state index contributed by atoms with van der Waals surface area (Å²) >= 11 is 4.58. The maximum atomic E-state index is 11.4. The van der Waals surface area contributed by atoms with Crippen molar-refractivity contribution in [2.75, 3.05) is 7.11 Å². The molecule has 0 aliphatic carbocycles. The van der Waals surface area contributed by atoms with E-state index < -0.39 is 6.04 Å². The summed E-state index contributed by atoms with van der Waals surface area (Å²) in [7, 11) is 1.57. The number of ether oxygens (including phenoxy) is 1. The second-order valence-corrected chi connectivity index (χ2v) is 4.47. The van der Waals surface area contributed by atoms with Crippen molar-refractivity contribution in [1.29, 1.82) is 0 Å². The average molecular weight is 264 g/mol. The molecule has 1 aromatic heterocycles. The maximum Gasteiger partial charge on any atom is 0.189 e. The molecule has 0 radical (unpaired) electrons. The molecule has 5 heteroatoms. The van der Waals surface area contributed by atoms with E-state index in [1.165, 1.54) is 11.3 Å². The van der Waals surface area contributed by atoms with Crippen molar-refractivity contribution in [3.63, 3.8) is 0 Å². The number of thiophene rings is 1. The standard InChI is InChI=1S/C8H10BrNO2S/c1-4(10)7(11)6-3-5(9)8(12-2)13-6/h3-4H,10H2,1-2H3. The smallest absolute Gasteiger partial charge is 0.189 e. The van der Waals surface area contributed by atoms with Gasteiger partial charge in [0.25, 0.3) is 0 Å². The molecule has 0 saturated heterocycles. The molecule has 0 fully saturated rings. The zero-order chi connectivity index (χ0) is 10.0. The molecule has 3 nitrogen and oxygen atoms in total. The predicted octanol–water partition coefficient (Wildman–Crippen LogP) is 2.05. The summed E-state index contributed by atoms with van der Waals surface area (Å²) < 4.78 is 5.83. The van der Waals surface area contributed by atoms with E-state index in [2.05, 4.69) is 15.9 Å². The number of ketones is 1. The molecule has 0 spiro atoms. The van der Waals surface area contributed by atoms with Gasteiger partial charge in [0.05, 0.1) is 22.5 Å². The number of hydrogen-bond acceptors (Lipinski definition) is 4. The summed E-state index contributed by atoms with van der Waals surface area (Å²) in [5.74, 6) is -0.0611. The molecular formula is C8H10BrNO2S. The van der Waals surface area contributed by atoms with Crippen molar-refractivity contribution in [1.82, 2.24) is 0 Å². The number of rotatable bonds is 3. The van der Waals surface area contributed by atoms with Crippen molar-refractivity contribution in [3.05, 3.63) is 15.4 Å². The first-order valence-corrected chi connectivity index (χ1v) is 5.30. The van der Waals surface area contributed by atoms with E-state index in [4.69, 9.17) is 10.5 Å². The minimum atomic E-state index is -0.463. The van der Waals surface area contributed by atoms with Crippen LogP contribution in [0, 0.1) is 0 Å². The van der Waals surface area contributed by atoms with Gasteiger partial charge in [-0.1, -0.05) is 11.3 Å². The number of nitrogens with two attached hydrogens (primary N) is 1. The number of Topliss-reactive ketones (excluding diaryl/α,β-unsaturated/α-hetero) is 1. The highest BCUT2D eigenvalue weighted by Crippen LogP contribution is 2.34. The van der Waals surface area contributed by atoms with Crippen LogP contribution in [-0.2, 0) is 0 Å². The molecule has 1 unspecified atom stereocenters. The van der Waals surface area contributed by atoms with Gasteiger partial charge in [0.1, 0.15) is 0 Å². The summed E-state index contributed by atoms with van der Waals surface area (Å²) in [6.45, 7) is 1.67. The molecule has 72 valence electrons. The minimum Gasteiger partial charge on any atom is -0.486 e. The molecule has 0 amide bonds. The lowest BCUT2D eigenvalue weighted by atomic mass is 10.2. The van der Waals surface area contributed by atoms with Gasteiger partial charge in [-0.3, -0.25) is 4.79 Å². The Balaban J connectivity index is 2.97. The van der Waals surface area contributed by atoms with Gasteiger partial charge in [0, 0.05) is 0 Å². The molecule has 0 aromatic carbocycles. The number of carbonyl (C=O) groups excluding carboxylic acids is 1. The molecule has 2 N–H and O–H groups in total. The monoisotopic (exact) mass is 263 g/mol. The first-order chi connectivity index (χ1) is 6.06. The molecule has 1 atom stereocenters. The quantitative estimate of drug-likeness (QED) is 0.850. The van der Waals surface area contributed by atoms with Crippen LogP contribution >= 0.6 is 27.3 Å². The molecule has 1 rings (SSSR count). The van der Waals surface area contributed by atoms with Crippen LogP contribution in [-0.4, -0.2) is 18.9 Å². The summed E-state index contributed by atoms with van der Waals surface area (Å²) in [5.41, 5.74) is 5.47. The van der Waals surface area contributed by atoms with E-state index in [0.717, 1.165) is 4.47 Å². The SMILES string of the molecule is COc1sc(C(=O)C(C)N)cc1Br. The summed E-state index contributed by atoms with van der Waals surface area (Å²) in [5, 5.41) is 0.698. The van der Waals surface area contributed by atoms with Gasteiger partial charge in [0.15, 0.2) is 10.8 Å². The van der Waals surface area contributed by atoms with E-state index in [1.807, 2.05) is 0 Å². The lowest BCUT2D eigenvalue weighted by Crippen LogP contribution is -2.25. The van der Waals surface area contributed by atoms with Crippen molar-refractivity contribution in [3.8, 4) is 5.06 Å². The van der Waals surface area contributed by atoms with Crippen molar-refractivity contribution in [2.45, 2.75) is 13.0 Å². The number of halogens is 1. The molecule has 0 bridgehead atoms. The van der Waals surface area contributed by atoms with Crippen LogP contribution in [0.5, 0.6) is 5.06 Å². The zero-order valence-corrected chi connectivity index (χ0v) is 9.74. The summed E-state index contributed by atoms with van der Waals surface area (Å²) in [4.78, 5) is 12.1. The summed E-state index contributed by atoms with van der Waals surface area (Å²) in [6, 6.07) is 1.27. The van der Waals surface area contributed by atoms with Crippen molar-refractivity contribution >= 4 is 33.0 Å². The van der Waals surface area contributed by atoms with Crippen LogP contribution in [0.25, 0.3) is 0 Å². The topological polar surface area (TPSA) is 52.3 Å². The van der Waals surface area contributed by atoms with Crippen LogP contribution in [0.4, 0.5) is 0 Å². The normalized spacial score (nSPS) is 12.6. The maximum absolute atomic E-state index is 11.4. The van der Waals surface area contributed by atoms with E-state index in [-0.39, 0.29) is 5.78 Å². The van der Waals surface area contributed by atoms with Gasteiger partial charge in [-0.05, 0) is 28.9 Å². The fraction of sp³-hybridized carbons (Fsp3) is 0.375. The lowest BCUT2D eigenvalue weighted by Gasteiger charge is -1.99. The Kier molecular flexibility index (Phi) is 3.47. The molecule has 1 heterocycles. The second-order valence-electron chi connectivity index (χ2n) is 2.60. The number of methoxy groups -OCH3 is 1. The van der Waals surface area contributed by atoms with Gasteiger partial charge in [0.2, 0.25) is 0 Å². The van der Waals surface area contributed by atoms with E-state index in [9.17, 15) is 4.79 Å². The highest BCUT2D eigenvalue weighted by Gasteiger charge is 2.16. The third-order valence-corrected chi connectivity index (χ3v) is 3.46. The molecule has 13 heavy (non-hydrogen) atoms. The highest BCUT2D eigenvalue weighted by molar-refractivity contribution is 9.10. The van der Waals surface area contributed by atoms with Crippen LogP contribution in [0.2, 0.25) is 0 Å². The van der Waals surface area contributed by atoms with Crippen LogP contribution in [0.15, 0.2) is 10.5 Å². The van der Waals surface area contributed by atoms with Crippen LogP contribution in [0.1, 0.15) is 16.6 Å². The average Bonchev–Trinajstić information content (AvgIpc) is 2.45. The Labute approximate surface area is 89.0 Å². The van der Waals surface area contributed by atoms with Gasteiger partial charge >= 0.3 is 0 Å². The van der Waals surface area contributed by atoms with Gasteiger partial charge in [-0.15, -0.1) is 0 Å². The van der Waals surface area contributed by atoms with Gasteiger partial charge < -0.3 is 10.5 Å². The van der Waals surface area contributed by atoms with Crippen LogP contribution < -0.4 is 10.5 Å². The van der Waals surface area contributed by atoms with E-state index >= 15 is 0 Å². The van der Waals surface area contributed by atoms with E-state index in [1.54, 1.807) is 20.1 Å². The third-order valence-electron chi connectivity index (χ3n) is 1.50. The Morgan fingerprint density at radius 2 is 2.38 bits per heavy atom. The van der Waals surface area contributed by atoms with Gasteiger partial charge in [-0.25, -0.2) is 0 Å². The zero-order valence-electron chi connectivity index (χ0n) is 7.33. The predicted molar refractivity (Wildman–Crippen MR) is 56.6 cm³/mol. The minimum absolute atomic E-state index is 0.0611. The first-order valence-electron chi connectivity index (χ1n) is 3.69. The van der Waals surface area contributed by atoms with E-state index in [0.29, 0.717) is 9.94 Å². The van der Waals surface area contributed by atoms with Crippen LogP contribution in [0.3, 0.4) is 0 Å². The molecular weight excluding hydrogens is 254 g/mol. The first kappa shape index (κ1) is 10.7. The third kappa shape index (κ3) is 2.30. The van der Waals surface area contributed by atoms with Gasteiger partial charge in [-0.2, -0.15) is 0 Å². The molecule has 0 aliphatic rings. The Morgan fingerprint density at radius 1 is 1.77 bits per heavy atom. The molecule has 0 saturated carbocycles. The van der Waals surface area contributed by atoms with Crippen molar-refractivity contribution in [2.24, 2.45) is 5.73 Å². The Hall–Kier alpha value is -0.390. The second kappa shape index (κ2) is 4.21. The van der Waals surface area contributed by atoms with Crippen molar-refractivity contribution < 1.29 is 9.53 Å². The summed E-state index contributed by atoms with van der Waals surface area (Å²) in [6.07, 6.45) is 0. The molecule has 1 aromatic rings. The highest BCUT2D eigenvalue weighted by atomic mass is 79.9. The number of hydrogen-bond donors (Lipinski definition) is 1. The molecule has 0 aliphatic heterocycles.